The lowest BCUT2D eigenvalue weighted by molar-refractivity contribution is -0.147. The molecule has 0 N–H and O–H groups in total. The van der Waals surface area contributed by atoms with Crippen LogP contribution in [0.2, 0.25) is 0 Å². The third-order valence-electron chi connectivity index (χ3n) is 5.22. The normalized spacial score (nSPS) is 25.3. The Hall–Kier alpha value is -1.54. The highest BCUT2D eigenvalue weighted by Gasteiger charge is 2.51. The Bertz CT molecular complexity index is 797. The van der Waals surface area contributed by atoms with E-state index in [-0.39, 0.29) is 25.0 Å². The second-order valence-electron chi connectivity index (χ2n) is 7.14. The minimum absolute atomic E-state index is 0.0222. The van der Waals surface area contributed by atoms with Crippen molar-refractivity contribution in [1.29, 1.82) is 0 Å². The van der Waals surface area contributed by atoms with Gasteiger partial charge in [0, 0.05) is 31.7 Å². The van der Waals surface area contributed by atoms with Gasteiger partial charge in [0.25, 0.3) is 0 Å². The molecule has 1 aromatic carbocycles. The van der Waals surface area contributed by atoms with E-state index in [1.54, 1.807) is 4.90 Å². The van der Waals surface area contributed by atoms with Gasteiger partial charge < -0.3 is 4.90 Å². The standard InChI is InChI=1S/C17H22F2N2O3S/c1-12(2)21-8-3-6-17(16(21)22)7-9-20(11-17)25(23,24)15-5-4-13(18)10-14(15)19/h4-5,10,12H,3,6-9,11H2,1-2H3/t17-/m0/s1. The molecule has 3 rings (SSSR count). The number of carbonyl (C=O) groups excluding carboxylic acids is 1. The third-order valence-corrected chi connectivity index (χ3v) is 7.10. The summed E-state index contributed by atoms with van der Waals surface area (Å²) in [6.45, 7) is 4.77. The van der Waals surface area contributed by atoms with E-state index in [4.69, 9.17) is 0 Å². The summed E-state index contributed by atoms with van der Waals surface area (Å²) >= 11 is 0. The van der Waals surface area contributed by atoms with Gasteiger partial charge in [0.05, 0.1) is 5.41 Å². The van der Waals surface area contributed by atoms with Crippen LogP contribution in [0.3, 0.4) is 0 Å². The molecule has 0 aliphatic carbocycles. The average Bonchev–Trinajstić information content (AvgIpc) is 2.95. The maximum atomic E-state index is 14.0. The molecule has 2 aliphatic rings. The fourth-order valence-corrected chi connectivity index (χ4v) is 5.41. The van der Waals surface area contributed by atoms with Gasteiger partial charge in [-0.2, -0.15) is 4.31 Å². The summed E-state index contributed by atoms with van der Waals surface area (Å²) in [6, 6.07) is 2.48. The summed E-state index contributed by atoms with van der Waals surface area (Å²) in [4.78, 5) is 14.1. The molecule has 2 fully saturated rings. The lowest BCUT2D eigenvalue weighted by atomic mass is 9.78. The van der Waals surface area contributed by atoms with Gasteiger partial charge in [-0.25, -0.2) is 17.2 Å². The molecular formula is C17H22F2N2O3S. The number of carbonyl (C=O) groups is 1. The van der Waals surface area contributed by atoms with Crippen molar-refractivity contribution in [1.82, 2.24) is 9.21 Å². The molecule has 2 saturated heterocycles. The van der Waals surface area contributed by atoms with E-state index in [1.807, 2.05) is 13.8 Å². The van der Waals surface area contributed by atoms with Gasteiger partial charge in [-0.3, -0.25) is 4.79 Å². The van der Waals surface area contributed by atoms with Crippen molar-refractivity contribution in [3.63, 3.8) is 0 Å². The first-order valence-electron chi connectivity index (χ1n) is 8.44. The van der Waals surface area contributed by atoms with Crippen molar-refractivity contribution in [3.8, 4) is 0 Å². The summed E-state index contributed by atoms with van der Waals surface area (Å²) in [5.41, 5.74) is -0.730. The molecule has 0 radical (unpaired) electrons. The van der Waals surface area contributed by atoms with Crippen molar-refractivity contribution in [2.75, 3.05) is 19.6 Å². The van der Waals surface area contributed by atoms with Gasteiger partial charge in [0.2, 0.25) is 15.9 Å². The lowest BCUT2D eigenvalue weighted by Crippen LogP contribution is -2.52. The molecule has 1 amide bonds. The Morgan fingerprint density at radius 2 is 1.88 bits per heavy atom. The van der Waals surface area contributed by atoms with Crippen LogP contribution in [-0.4, -0.2) is 49.2 Å². The maximum Gasteiger partial charge on any atom is 0.246 e. The van der Waals surface area contributed by atoms with Crippen LogP contribution in [0.5, 0.6) is 0 Å². The zero-order valence-corrected chi connectivity index (χ0v) is 15.2. The molecule has 1 spiro atoms. The van der Waals surface area contributed by atoms with Gasteiger partial charge in [0.15, 0.2) is 0 Å². The van der Waals surface area contributed by atoms with Crippen LogP contribution in [0, 0.1) is 17.0 Å². The van der Waals surface area contributed by atoms with Crippen LogP contribution in [0.4, 0.5) is 8.78 Å². The number of halogens is 2. The van der Waals surface area contributed by atoms with Crippen molar-refractivity contribution >= 4 is 15.9 Å². The number of sulfonamides is 1. The third kappa shape index (κ3) is 3.06. The number of hydrogen-bond donors (Lipinski definition) is 0. The monoisotopic (exact) mass is 372 g/mol. The Balaban J connectivity index is 1.88. The number of hydrogen-bond acceptors (Lipinski definition) is 3. The van der Waals surface area contributed by atoms with E-state index in [0.717, 1.165) is 22.9 Å². The predicted molar refractivity (Wildman–Crippen MR) is 88.2 cm³/mol. The number of piperidine rings is 1. The molecule has 0 aromatic heterocycles. The first kappa shape index (κ1) is 18.3. The fraction of sp³-hybridized carbons (Fsp3) is 0.588. The summed E-state index contributed by atoms with van der Waals surface area (Å²) in [6.07, 6.45) is 1.88. The minimum atomic E-state index is -4.10. The van der Waals surface area contributed by atoms with Gasteiger partial charge in [-0.05, 0) is 45.2 Å². The SMILES string of the molecule is CC(C)N1CCC[C@@]2(CCN(S(=O)(=O)c3ccc(F)cc3F)C2)C1=O. The highest BCUT2D eigenvalue weighted by atomic mass is 32.2. The largest absolute Gasteiger partial charge is 0.340 e. The Labute approximate surface area is 146 Å². The van der Waals surface area contributed by atoms with Crippen LogP contribution in [0.15, 0.2) is 23.1 Å². The van der Waals surface area contributed by atoms with Crippen LogP contribution in [0.25, 0.3) is 0 Å². The number of likely N-dealkylation sites (tertiary alicyclic amines) is 1. The van der Waals surface area contributed by atoms with E-state index in [0.29, 0.717) is 25.5 Å². The number of nitrogens with zero attached hydrogens (tertiary/aromatic N) is 2. The summed E-state index contributed by atoms with van der Waals surface area (Å²) in [5, 5.41) is 0. The molecule has 0 unspecified atom stereocenters. The average molecular weight is 372 g/mol. The summed E-state index contributed by atoms with van der Waals surface area (Å²) < 4.78 is 53.7. The van der Waals surface area contributed by atoms with Crippen LogP contribution in [0.1, 0.15) is 33.1 Å². The predicted octanol–water partition coefficient (Wildman–Crippen LogP) is 2.38. The molecule has 0 saturated carbocycles. The molecule has 138 valence electrons. The highest BCUT2D eigenvalue weighted by Crippen LogP contribution is 2.42. The first-order chi connectivity index (χ1) is 11.7. The second kappa shape index (κ2) is 6.32. The molecule has 1 atom stereocenters. The molecule has 25 heavy (non-hydrogen) atoms. The molecule has 0 bridgehead atoms. The van der Waals surface area contributed by atoms with Gasteiger partial charge in [0.1, 0.15) is 16.5 Å². The maximum absolute atomic E-state index is 14.0. The van der Waals surface area contributed by atoms with Crippen LogP contribution >= 0.6 is 0 Å². The highest BCUT2D eigenvalue weighted by molar-refractivity contribution is 7.89. The van der Waals surface area contributed by atoms with E-state index >= 15 is 0 Å². The zero-order chi connectivity index (χ0) is 18.4. The molecule has 8 heteroatoms. The van der Waals surface area contributed by atoms with E-state index in [9.17, 15) is 22.0 Å². The Kier molecular flexibility index (Phi) is 4.61. The Morgan fingerprint density at radius 3 is 2.52 bits per heavy atom. The smallest absolute Gasteiger partial charge is 0.246 e. The quantitative estimate of drug-likeness (QED) is 0.819. The lowest BCUT2D eigenvalue weighted by Gasteiger charge is -2.41. The van der Waals surface area contributed by atoms with E-state index in [2.05, 4.69) is 0 Å². The zero-order valence-electron chi connectivity index (χ0n) is 14.3. The number of amides is 1. The topological polar surface area (TPSA) is 57.7 Å². The molecule has 1 aromatic rings. The number of benzene rings is 1. The van der Waals surface area contributed by atoms with E-state index in [1.165, 1.54) is 0 Å². The van der Waals surface area contributed by atoms with Crippen molar-refractivity contribution in [2.24, 2.45) is 5.41 Å². The van der Waals surface area contributed by atoms with Gasteiger partial charge in [-0.1, -0.05) is 0 Å². The molecule has 2 heterocycles. The molecular weight excluding hydrogens is 350 g/mol. The van der Waals surface area contributed by atoms with Crippen molar-refractivity contribution < 1.29 is 22.0 Å². The fourth-order valence-electron chi connectivity index (χ4n) is 3.84. The summed E-state index contributed by atoms with van der Waals surface area (Å²) in [7, 11) is -4.10. The summed E-state index contributed by atoms with van der Waals surface area (Å²) in [5.74, 6) is -1.96. The van der Waals surface area contributed by atoms with Crippen LogP contribution in [-0.2, 0) is 14.8 Å². The molecule has 2 aliphatic heterocycles. The second-order valence-corrected chi connectivity index (χ2v) is 9.05. The van der Waals surface area contributed by atoms with Gasteiger partial charge >= 0.3 is 0 Å². The van der Waals surface area contributed by atoms with Crippen LogP contribution < -0.4 is 0 Å². The first-order valence-corrected chi connectivity index (χ1v) is 9.88. The van der Waals surface area contributed by atoms with E-state index < -0.39 is 32.0 Å². The number of rotatable bonds is 3. The van der Waals surface area contributed by atoms with Gasteiger partial charge in [-0.15, -0.1) is 0 Å². The van der Waals surface area contributed by atoms with Crippen molar-refractivity contribution in [2.45, 2.75) is 44.0 Å². The molecule has 5 nitrogen and oxygen atoms in total. The minimum Gasteiger partial charge on any atom is -0.340 e. The Morgan fingerprint density at radius 1 is 1.16 bits per heavy atom. The van der Waals surface area contributed by atoms with Crippen molar-refractivity contribution in [3.05, 3.63) is 29.8 Å².